The van der Waals surface area contributed by atoms with Crippen LogP contribution in [0.25, 0.3) is 0 Å². The zero-order valence-electron chi connectivity index (χ0n) is 16.8. The largest absolute Gasteiger partial charge is 0.381 e. The van der Waals surface area contributed by atoms with Crippen molar-refractivity contribution in [3.05, 3.63) is 94.0 Å². The minimum absolute atomic E-state index is 0.223. The van der Waals surface area contributed by atoms with E-state index in [-0.39, 0.29) is 5.41 Å². The van der Waals surface area contributed by atoms with Crippen molar-refractivity contribution in [2.24, 2.45) is 0 Å². The van der Waals surface area contributed by atoms with Crippen molar-refractivity contribution < 1.29 is 0 Å². The molecule has 1 N–H and O–H groups in total. The van der Waals surface area contributed by atoms with E-state index in [0.29, 0.717) is 0 Å². The molecule has 2 aliphatic rings. The lowest BCUT2D eigenvalue weighted by molar-refractivity contribution is 0.510. The summed E-state index contributed by atoms with van der Waals surface area (Å²) in [5.41, 5.74) is 10.6. The second-order valence-electron chi connectivity index (χ2n) is 8.35. The molecular formula is C26H28NP. The molecule has 142 valence electrons. The molecule has 0 aromatic heterocycles. The number of nitrogens with one attached hydrogen (secondary N) is 1. The smallest absolute Gasteiger partial charge is 0.0400 e. The van der Waals surface area contributed by atoms with Crippen LogP contribution in [0.2, 0.25) is 0 Å². The summed E-state index contributed by atoms with van der Waals surface area (Å²) in [6, 6.07) is 22.8. The maximum Gasteiger partial charge on any atom is 0.0400 e. The topological polar surface area (TPSA) is 12.0 Å². The molecular weight excluding hydrogens is 357 g/mol. The third-order valence-electron chi connectivity index (χ3n) is 6.77. The van der Waals surface area contributed by atoms with Gasteiger partial charge in [-0.25, -0.2) is 0 Å². The summed E-state index contributed by atoms with van der Waals surface area (Å²) < 4.78 is 0. The average Bonchev–Trinajstić information content (AvgIpc) is 3.30. The van der Waals surface area contributed by atoms with Gasteiger partial charge in [-0.2, -0.15) is 0 Å². The summed E-state index contributed by atoms with van der Waals surface area (Å²) >= 11 is 0. The maximum absolute atomic E-state index is 3.80. The number of rotatable bonds is 4. The molecule has 3 aromatic rings. The van der Waals surface area contributed by atoms with Gasteiger partial charge < -0.3 is 5.32 Å². The predicted octanol–water partition coefficient (Wildman–Crippen LogP) is 5.72. The van der Waals surface area contributed by atoms with Crippen LogP contribution in [0.1, 0.15) is 46.2 Å². The summed E-state index contributed by atoms with van der Waals surface area (Å²) in [6.45, 7) is 5.37. The Balaban J connectivity index is 1.56. The minimum Gasteiger partial charge on any atom is -0.381 e. The van der Waals surface area contributed by atoms with E-state index in [9.17, 15) is 0 Å². The van der Waals surface area contributed by atoms with Crippen molar-refractivity contribution in [3.63, 3.8) is 0 Å². The third-order valence-corrected chi connectivity index (χ3v) is 7.73. The van der Waals surface area contributed by atoms with Gasteiger partial charge in [0.05, 0.1) is 0 Å². The Labute approximate surface area is 170 Å². The molecule has 3 aromatic carbocycles. The Morgan fingerprint density at radius 3 is 2.25 bits per heavy atom. The van der Waals surface area contributed by atoms with Gasteiger partial charge in [0.15, 0.2) is 0 Å². The number of fused-ring (bicyclic) bond motifs is 4. The lowest BCUT2D eigenvalue weighted by Gasteiger charge is -2.31. The molecule has 28 heavy (non-hydrogen) atoms. The molecule has 5 rings (SSSR count). The van der Waals surface area contributed by atoms with Crippen molar-refractivity contribution in [2.45, 2.75) is 44.6 Å². The van der Waals surface area contributed by atoms with E-state index in [1.807, 2.05) is 0 Å². The van der Waals surface area contributed by atoms with E-state index in [0.717, 1.165) is 15.1 Å². The van der Waals surface area contributed by atoms with Gasteiger partial charge in [-0.3, -0.25) is 0 Å². The summed E-state index contributed by atoms with van der Waals surface area (Å²) in [4.78, 5) is 0. The average molecular weight is 385 g/mol. The highest BCUT2D eigenvalue weighted by Gasteiger charge is 2.47. The Kier molecular flexibility index (Phi) is 4.52. The Morgan fingerprint density at radius 1 is 0.857 bits per heavy atom. The van der Waals surface area contributed by atoms with Gasteiger partial charge in [0.1, 0.15) is 0 Å². The van der Waals surface area contributed by atoms with Crippen molar-refractivity contribution in [3.8, 4) is 0 Å². The second-order valence-corrected chi connectivity index (χ2v) is 9.39. The third kappa shape index (κ3) is 2.80. The van der Waals surface area contributed by atoms with Crippen LogP contribution in [0.3, 0.4) is 0 Å². The lowest BCUT2D eigenvalue weighted by atomic mass is 9.76. The molecule has 0 amide bonds. The number of hydrogen-bond acceptors (Lipinski definition) is 1. The van der Waals surface area contributed by atoms with Crippen LogP contribution in [0.15, 0.2) is 60.7 Å². The van der Waals surface area contributed by atoms with Crippen LogP contribution in [0, 0.1) is 6.92 Å². The van der Waals surface area contributed by atoms with E-state index in [1.165, 1.54) is 42.5 Å². The fourth-order valence-electron chi connectivity index (χ4n) is 5.45. The van der Waals surface area contributed by atoms with Gasteiger partial charge in [0, 0.05) is 17.6 Å². The Morgan fingerprint density at radius 2 is 1.54 bits per heavy atom. The molecule has 0 saturated heterocycles. The molecule has 2 aliphatic carbocycles. The fourth-order valence-corrected chi connectivity index (χ4v) is 6.36. The highest BCUT2D eigenvalue weighted by Crippen LogP contribution is 2.54. The molecule has 0 fully saturated rings. The van der Waals surface area contributed by atoms with E-state index in [2.05, 4.69) is 79.6 Å². The first kappa shape index (κ1) is 18.0. The van der Waals surface area contributed by atoms with Crippen LogP contribution in [-0.2, 0) is 24.8 Å². The molecule has 0 saturated carbocycles. The van der Waals surface area contributed by atoms with Crippen LogP contribution < -0.4 is 10.6 Å². The van der Waals surface area contributed by atoms with Crippen molar-refractivity contribution in [2.75, 3.05) is 12.0 Å². The number of aryl methyl sites for hydroxylation is 3. The van der Waals surface area contributed by atoms with Crippen molar-refractivity contribution in [1.29, 1.82) is 0 Å². The first-order valence-electron chi connectivity index (χ1n) is 10.4. The predicted molar refractivity (Wildman–Crippen MR) is 123 cm³/mol. The highest BCUT2D eigenvalue weighted by molar-refractivity contribution is 7.46. The normalized spacial score (nSPS) is 20.1. The fraction of sp³-hybridized carbons (Fsp3) is 0.308. The van der Waals surface area contributed by atoms with E-state index < -0.39 is 0 Å². The Hall–Kier alpha value is -2.11. The first-order chi connectivity index (χ1) is 13.7. The van der Waals surface area contributed by atoms with E-state index in [1.54, 1.807) is 27.6 Å². The van der Waals surface area contributed by atoms with Crippen LogP contribution in [-0.4, -0.2) is 6.66 Å². The molecule has 2 atom stereocenters. The first-order valence-corrected chi connectivity index (χ1v) is 11.9. The van der Waals surface area contributed by atoms with Gasteiger partial charge >= 0.3 is 0 Å². The highest BCUT2D eigenvalue weighted by atomic mass is 31.1. The van der Waals surface area contributed by atoms with Crippen LogP contribution in [0.4, 0.5) is 5.69 Å². The zero-order chi connectivity index (χ0) is 19.1. The van der Waals surface area contributed by atoms with E-state index in [4.69, 9.17) is 0 Å². The van der Waals surface area contributed by atoms with Crippen LogP contribution in [0.5, 0.6) is 0 Å². The molecule has 0 radical (unpaired) electrons. The number of anilines is 1. The van der Waals surface area contributed by atoms with E-state index >= 15 is 0 Å². The van der Waals surface area contributed by atoms with Gasteiger partial charge in [0.25, 0.3) is 0 Å². The zero-order valence-corrected chi connectivity index (χ0v) is 17.8. The summed E-state index contributed by atoms with van der Waals surface area (Å²) in [5, 5.41) is 5.38. The maximum atomic E-state index is 3.80. The SMILES string of the molecule is CPc1cccc2c1[C@]1(CCc3cccc(NCc4ccc(C)cc4)c31)CC2. The van der Waals surface area contributed by atoms with Crippen molar-refractivity contribution in [1.82, 2.24) is 0 Å². The molecule has 0 bridgehead atoms. The molecule has 1 unspecified atom stereocenters. The van der Waals surface area contributed by atoms with Gasteiger partial charge in [-0.1, -0.05) is 68.7 Å². The quantitative estimate of drug-likeness (QED) is 0.567. The molecule has 1 spiro atoms. The molecule has 0 heterocycles. The lowest BCUT2D eigenvalue weighted by Crippen LogP contribution is -2.27. The monoisotopic (exact) mass is 385 g/mol. The van der Waals surface area contributed by atoms with Crippen LogP contribution >= 0.6 is 8.58 Å². The summed E-state index contributed by atoms with van der Waals surface area (Å²) in [6.07, 6.45) is 4.95. The van der Waals surface area contributed by atoms with Gasteiger partial charge in [-0.15, -0.1) is 0 Å². The Bertz CT molecular complexity index is 1020. The standard InChI is InChI=1S/C26H28NP/c1-18-9-11-19(12-10-18)17-27-22-7-3-5-20-13-15-26(24(20)22)16-14-21-6-4-8-23(28-2)25(21)26/h3-12,27-28H,13-17H2,1-2H3/t26-/m1/s1. The van der Waals surface area contributed by atoms with Gasteiger partial charge in [0.2, 0.25) is 0 Å². The number of hydrogen-bond donors (Lipinski definition) is 1. The van der Waals surface area contributed by atoms with Crippen molar-refractivity contribution >= 4 is 19.6 Å². The number of benzene rings is 3. The second kappa shape index (κ2) is 7.05. The summed E-state index contributed by atoms with van der Waals surface area (Å²) in [5.74, 6) is 0. The molecule has 1 nitrogen and oxygen atoms in total. The molecule has 2 heteroatoms. The van der Waals surface area contributed by atoms with Gasteiger partial charge in [-0.05, 0) is 78.5 Å². The minimum atomic E-state index is 0.223. The molecule has 0 aliphatic heterocycles. The summed E-state index contributed by atoms with van der Waals surface area (Å²) in [7, 11) is 0.863.